The molecule has 2 aromatic carbocycles. The van der Waals surface area contributed by atoms with Crippen LogP contribution in [-0.4, -0.2) is 46.8 Å². The van der Waals surface area contributed by atoms with Crippen molar-refractivity contribution in [3.8, 4) is 17.2 Å². The molecule has 10 heteroatoms. The molecule has 0 aliphatic carbocycles. The molecule has 0 aromatic heterocycles. The molecule has 8 nitrogen and oxygen atoms in total. The number of rotatable bonds is 9. The summed E-state index contributed by atoms with van der Waals surface area (Å²) in [6, 6.07) is 9.32. The van der Waals surface area contributed by atoms with Crippen molar-refractivity contribution in [2.24, 2.45) is 10.1 Å². The van der Waals surface area contributed by atoms with E-state index in [0.29, 0.717) is 46.9 Å². The van der Waals surface area contributed by atoms with Gasteiger partial charge in [0.05, 0.1) is 17.2 Å². The minimum atomic E-state index is -0.496. The number of thioether (sulfide) groups is 1. The molecular weight excluding hydrogens is 500 g/mol. The van der Waals surface area contributed by atoms with E-state index >= 15 is 0 Å². The highest BCUT2D eigenvalue weighted by molar-refractivity contribution is 8.26. The van der Waals surface area contributed by atoms with E-state index in [4.69, 9.17) is 31.2 Å². The van der Waals surface area contributed by atoms with Crippen LogP contribution < -0.4 is 14.2 Å². The number of amidine groups is 2. The van der Waals surface area contributed by atoms with Crippen molar-refractivity contribution in [2.45, 2.75) is 34.1 Å². The number of amides is 1. The average molecular weight is 527 g/mol. The van der Waals surface area contributed by atoms with Crippen LogP contribution in [0.25, 0.3) is 6.08 Å². The predicted octanol–water partition coefficient (Wildman–Crippen LogP) is 5.84. The topological polar surface area (TPSA) is 96.6 Å². The molecule has 2 aliphatic heterocycles. The van der Waals surface area contributed by atoms with E-state index in [-0.39, 0.29) is 18.0 Å². The number of benzene rings is 2. The van der Waals surface area contributed by atoms with Gasteiger partial charge in [0.1, 0.15) is 24.0 Å². The second kappa shape index (κ2) is 11.2. The summed E-state index contributed by atoms with van der Waals surface area (Å²) < 4.78 is 17.5. The highest BCUT2D eigenvalue weighted by Gasteiger charge is 2.35. The van der Waals surface area contributed by atoms with Gasteiger partial charge in [-0.15, -0.1) is 0 Å². The van der Waals surface area contributed by atoms with E-state index in [0.717, 1.165) is 16.4 Å². The van der Waals surface area contributed by atoms with Crippen LogP contribution in [0, 0.1) is 19.3 Å². The number of aryl methyl sites for hydroxylation is 2. The van der Waals surface area contributed by atoms with Gasteiger partial charge in [-0.25, -0.2) is 0 Å². The normalized spacial score (nSPS) is 16.1. The Bertz CT molecular complexity index is 1310. The molecule has 0 spiro atoms. The van der Waals surface area contributed by atoms with E-state index in [2.05, 4.69) is 17.0 Å². The predicted molar refractivity (Wildman–Crippen MR) is 145 cm³/mol. The minimum absolute atomic E-state index is 0.0288. The van der Waals surface area contributed by atoms with Gasteiger partial charge in [-0.05, 0) is 86.0 Å². The second-order valence-electron chi connectivity index (χ2n) is 8.07. The fourth-order valence-electron chi connectivity index (χ4n) is 3.52. The molecule has 36 heavy (non-hydrogen) atoms. The number of carbonyl (C=O) groups is 1. The summed E-state index contributed by atoms with van der Waals surface area (Å²) in [5.74, 6) is 1.08. The Balaban J connectivity index is 1.50. The third-order valence-electron chi connectivity index (χ3n) is 5.52. The molecule has 2 aromatic rings. The smallest absolute Gasteiger partial charge is 0.283 e. The van der Waals surface area contributed by atoms with Crippen LogP contribution in [0.5, 0.6) is 17.2 Å². The van der Waals surface area contributed by atoms with Crippen LogP contribution in [0.2, 0.25) is 5.02 Å². The van der Waals surface area contributed by atoms with Crippen LogP contribution >= 0.6 is 23.4 Å². The van der Waals surface area contributed by atoms with Gasteiger partial charge in [0.2, 0.25) is 5.17 Å². The zero-order chi connectivity index (χ0) is 25.8. The Hall–Kier alpha value is -3.30. The number of nitrogens with zero attached hydrogens (tertiary/aromatic N) is 3. The maximum absolute atomic E-state index is 12.6. The lowest BCUT2D eigenvalue weighted by atomic mass is 10.1. The molecule has 0 bridgehead atoms. The van der Waals surface area contributed by atoms with Gasteiger partial charge in [-0.1, -0.05) is 24.6 Å². The lowest BCUT2D eigenvalue weighted by Gasteiger charge is -2.20. The Morgan fingerprint density at radius 3 is 2.58 bits per heavy atom. The minimum Gasteiger partial charge on any atom is -0.490 e. The summed E-state index contributed by atoms with van der Waals surface area (Å²) in [6.45, 7) is 8.90. The van der Waals surface area contributed by atoms with E-state index < -0.39 is 5.91 Å². The number of hydrogen-bond acceptors (Lipinski definition) is 7. The third-order valence-corrected chi connectivity index (χ3v) is 6.85. The Labute approximate surface area is 219 Å². The maximum Gasteiger partial charge on any atom is 0.283 e. The lowest BCUT2D eigenvalue weighted by Crippen LogP contribution is -2.35. The highest BCUT2D eigenvalue weighted by Crippen LogP contribution is 2.38. The standard InChI is InChI=1S/C26H27ClN4O4S/c1-5-22-30-31-24(28)19(25(32)29-26(31)36-22)12-17-13-20(27)23(21(14-17)33-6-2)35-10-9-34-18-8-7-15(3)16(4)11-18/h7-8,11-14,28H,5-6,9-10H2,1-4H3. The fraction of sp³-hybridized carbons (Fsp3) is 0.308. The highest BCUT2D eigenvalue weighted by atomic mass is 35.5. The van der Waals surface area contributed by atoms with Crippen molar-refractivity contribution in [3.63, 3.8) is 0 Å². The Morgan fingerprint density at radius 1 is 1.08 bits per heavy atom. The summed E-state index contributed by atoms with van der Waals surface area (Å²) in [4.78, 5) is 16.7. The molecule has 1 N–H and O–H groups in total. The second-order valence-corrected chi connectivity index (χ2v) is 9.52. The zero-order valence-electron chi connectivity index (χ0n) is 20.6. The van der Waals surface area contributed by atoms with Crippen LogP contribution in [0.3, 0.4) is 0 Å². The Kier molecular flexibility index (Phi) is 8.01. The number of ether oxygens (including phenoxy) is 3. The van der Waals surface area contributed by atoms with E-state index in [1.54, 1.807) is 18.2 Å². The molecule has 4 rings (SSSR count). The molecule has 0 radical (unpaired) electrons. The third kappa shape index (κ3) is 5.57. The van der Waals surface area contributed by atoms with Crippen LogP contribution in [0.1, 0.15) is 37.0 Å². The molecule has 0 saturated carbocycles. The van der Waals surface area contributed by atoms with Gasteiger partial charge in [-0.3, -0.25) is 10.2 Å². The number of carbonyl (C=O) groups excluding carboxylic acids is 1. The first-order chi connectivity index (χ1) is 17.3. The maximum atomic E-state index is 12.6. The summed E-state index contributed by atoms with van der Waals surface area (Å²) >= 11 is 7.85. The number of hydrazone groups is 1. The first-order valence-electron chi connectivity index (χ1n) is 11.6. The molecule has 2 heterocycles. The quantitative estimate of drug-likeness (QED) is 0.325. The largest absolute Gasteiger partial charge is 0.490 e. The van der Waals surface area contributed by atoms with Crippen molar-refractivity contribution < 1.29 is 19.0 Å². The molecule has 0 fully saturated rings. The van der Waals surface area contributed by atoms with E-state index in [1.807, 2.05) is 39.0 Å². The SMILES string of the molecule is CCOc1cc(C=C2C(=N)N3N=C(CC)SC3=NC2=O)cc(Cl)c1OCCOc1ccc(C)c(C)c1. The average Bonchev–Trinajstić information content (AvgIpc) is 3.26. The molecule has 0 saturated heterocycles. The van der Waals surface area contributed by atoms with Gasteiger partial charge in [-0.2, -0.15) is 15.1 Å². The molecule has 188 valence electrons. The molecular formula is C26H27ClN4O4S. The summed E-state index contributed by atoms with van der Waals surface area (Å²) in [5, 5.41) is 15.8. The van der Waals surface area contributed by atoms with Gasteiger partial charge in [0.15, 0.2) is 17.3 Å². The molecule has 0 unspecified atom stereocenters. The first kappa shape index (κ1) is 25.8. The van der Waals surface area contributed by atoms with Crippen LogP contribution in [0.15, 0.2) is 46.0 Å². The summed E-state index contributed by atoms with van der Waals surface area (Å²) in [5.41, 5.74) is 3.07. The van der Waals surface area contributed by atoms with Gasteiger partial charge < -0.3 is 14.2 Å². The van der Waals surface area contributed by atoms with Gasteiger partial charge in [0, 0.05) is 0 Å². The van der Waals surface area contributed by atoms with Crippen molar-refractivity contribution >= 4 is 51.4 Å². The van der Waals surface area contributed by atoms with Crippen molar-refractivity contribution in [1.29, 1.82) is 5.41 Å². The molecule has 0 atom stereocenters. The van der Waals surface area contributed by atoms with Crippen LogP contribution in [-0.2, 0) is 4.79 Å². The fourth-order valence-corrected chi connectivity index (χ4v) is 4.62. The first-order valence-corrected chi connectivity index (χ1v) is 12.8. The molecule has 2 aliphatic rings. The van der Waals surface area contributed by atoms with Crippen molar-refractivity contribution in [1.82, 2.24) is 5.01 Å². The number of hydrogen-bond donors (Lipinski definition) is 1. The Morgan fingerprint density at radius 2 is 1.86 bits per heavy atom. The monoisotopic (exact) mass is 526 g/mol. The van der Waals surface area contributed by atoms with E-state index in [9.17, 15) is 4.79 Å². The van der Waals surface area contributed by atoms with E-state index in [1.165, 1.54) is 22.3 Å². The summed E-state index contributed by atoms with van der Waals surface area (Å²) in [7, 11) is 0. The zero-order valence-corrected chi connectivity index (χ0v) is 22.1. The lowest BCUT2D eigenvalue weighted by molar-refractivity contribution is -0.114. The summed E-state index contributed by atoms with van der Waals surface area (Å²) in [6.07, 6.45) is 2.27. The molecule has 1 amide bonds. The van der Waals surface area contributed by atoms with Crippen molar-refractivity contribution in [2.75, 3.05) is 19.8 Å². The van der Waals surface area contributed by atoms with Crippen LogP contribution in [0.4, 0.5) is 0 Å². The van der Waals surface area contributed by atoms with Crippen molar-refractivity contribution in [3.05, 3.63) is 57.6 Å². The number of nitrogens with one attached hydrogen (secondary N) is 1. The number of fused-ring (bicyclic) bond motifs is 1. The number of halogens is 1. The van der Waals surface area contributed by atoms with Gasteiger partial charge in [0.25, 0.3) is 5.91 Å². The van der Waals surface area contributed by atoms with Gasteiger partial charge >= 0.3 is 0 Å². The number of aliphatic imine (C=N–C) groups is 1.